The van der Waals surface area contributed by atoms with E-state index in [1.807, 2.05) is 72.8 Å². The summed E-state index contributed by atoms with van der Waals surface area (Å²) in [5.74, 6) is 2.39. The molecule has 0 heterocycles. The van der Waals surface area contributed by atoms with Crippen LogP contribution in [0.2, 0.25) is 0 Å². The van der Waals surface area contributed by atoms with Crippen LogP contribution in [-0.2, 0) is 0 Å². The van der Waals surface area contributed by atoms with Crippen molar-refractivity contribution >= 4 is 22.7 Å². The lowest BCUT2D eigenvalue weighted by molar-refractivity contribution is 0.414. The first-order valence-electron chi connectivity index (χ1n) is 11.1. The Kier molecular flexibility index (Phi) is 7.25. The van der Waals surface area contributed by atoms with Gasteiger partial charge in [-0.3, -0.25) is 0 Å². The van der Waals surface area contributed by atoms with Gasteiger partial charge in [0.15, 0.2) is 0 Å². The van der Waals surface area contributed by atoms with Gasteiger partial charge >= 0.3 is 0 Å². The van der Waals surface area contributed by atoms with Crippen LogP contribution in [0.5, 0.6) is 23.0 Å². The molecule has 0 aliphatic carbocycles. The molecule has 0 aliphatic heterocycles. The fourth-order valence-electron chi connectivity index (χ4n) is 3.77. The van der Waals surface area contributed by atoms with Gasteiger partial charge in [-0.15, -0.1) is 10.2 Å². The molecule has 0 amide bonds. The number of azo groups is 1. The first-order valence-corrected chi connectivity index (χ1v) is 11.1. The highest BCUT2D eigenvalue weighted by Crippen LogP contribution is 2.39. The van der Waals surface area contributed by atoms with E-state index in [1.165, 1.54) is 0 Å². The molecule has 4 aromatic rings. The van der Waals surface area contributed by atoms with Crippen LogP contribution in [0.25, 0.3) is 22.3 Å². The average Bonchev–Trinajstić information content (AvgIpc) is 2.92. The quantitative estimate of drug-likeness (QED) is 0.214. The highest BCUT2D eigenvalue weighted by molar-refractivity contribution is 5.75. The summed E-state index contributed by atoms with van der Waals surface area (Å²) in [7, 11) is 6.37. The molecular weight excluding hydrogens is 456 g/mol. The van der Waals surface area contributed by atoms with Crippen molar-refractivity contribution in [3.63, 3.8) is 0 Å². The molecular formula is C28H28N4O4. The predicted octanol–water partition coefficient (Wildman–Crippen LogP) is 6.63. The van der Waals surface area contributed by atoms with Gasteiger partial charge in [0, 0.05) is 0 Å². The number of nitrogen functional groups attached to an aromatic ring is 2. The number of benzene rings is 4. The molecule has 0 saturated carbocycles. The van der Waals surface area contributed by atoms with Gasteiger partial charge in [-0.1, -0.05) is 24.3 Å². The predicted molar refractivity (Wildman–Crippen MR) is 143 cm³/mol. The van der Waals surface area contributed by atoms with Crippen LogP contribution in [0.3, 0.4) is 0 Å². The molecule has 0 saturated heterocycles. The second-order valence-corrected chi connectivity index (χ2v) is 7.89. The number of nitrogens with zero attached hydrogens (tertiary/aromatic N) is 2. The summed E-state index contributed by atoms with van der Waals surface area (Å²) in [4.78, 5) is 0. The fraction of sp³-hybridized carbons (Fsp3) is 0.143. The summed E-state index contributed by atoms with van der Waals surface area (Å²) < 4.78 is 21.8. The summed E-state index contributed by atoms with van der Waals surface area (Å²) in [5.41, 5.74) is 18.0. The zero-order chi connectivity index (χ0) is 25.7. The van der Waals surface area contributed by atoms with Crippen LogP contribution < -0.4 is 30.4 Å². The first kappa shape index (κ1) is 24.4. The van der Waals surface area contributed by atoms with Gasteiger partial charge < -0.3 is 30.4 Å². The van der Waals surface area contributed by atoms with Gasteiger partial charge in [0.25, 0.3) is 0 Å². The monoisotopic (exact) mass is 484 g/mol. The molecule has 0 aromatic heterocycles. The number of methoxy groups -OCH3 is 4. The lowest BCUT2D eigenvalue weighted by Gasteiger charge is -2.11. The Hall–Kier alpha value is -4.72. The summed E-state index contributed by atoms with van der Waals surface area (Å²) in [6, 6.07) is 22.6. The van der Waals surface area contributed by atoms with E-state index in [0.29, 0.717) is 45.7 Å². The highest BCUT2D eigenvalue weighted by atomic mass is 16.5. The molecule has 0 bridgehead atoms. The Morgan fingerprint density at radius 3 is 1.08 bits per heavy atom. The number of ether oxygens (including phenoxy) is 4. The van der Waals surface area contributed by atoms with Crippen molar-refractivity contribution < 1.29 is 18.9 Å². The van der Waals surface area contributed by atoms with Crippen molar-refractivity contribution in [1.29, 1.82) is 0 Å². The van der Waals surface area contributed by atoms with E-state index in [1.54, 1.807) is 28.4 Å². The number of anilines is 2. The van der Waals surface area contributed by atoms with Crippen LogP contribution in [0.4, 0.5) is 22.7 Å². The minimum Gasteiger partial charge on any atom is -0.495 e. The van der Waals surface area contributed by atoms with Crippen LogP contribution in [0, 0.1) is 0 Å². The molecule has 36 heavy (non-hydrogen) atoms. The van der Waals surface area contributed by atoms with Crippen molar-refractivity contribution in [2.45, 2.75) is 0 Å². The summed E-state index contributed by atoms with van der Waals surface area (Å²) in [6.07, 6.45) is 0. The van der Waals surface area contributed by atoms with Crippen molar-refractivity contribution in [3.8, 4) is 45.3 Å². The second-order valence-electron chi connectivity index (χ2n) is 7.89. The molecule has 184 valence electrons. The third-order valence-corrected chi connectivity index (χ3v) is 5.76. The number of hydrogen-bond donors (Lipinski definition) is 2. The van der Waals surface area contributed by atoms with Crippen molar-refractivity contribution in [2.24, 2.45) is 10.2 Å². The maximum absolute atomic E-state index is 5.94. The Balaban J connectivity index is 1.63. The van der Waals surface area contributed by atoms with Crippen LogP contribution in [0.15, 0.2) is 83.0 Å². The maximum atomic E-state index is 5.94. The molecule has 4 rings (SSSR count). The van der Waals surface area contributed by atoms with Crippen molar-refractivity contribution in [3.05, 3.63) is 72.8 Å². The van der Waals surface area contributed by atoms with Gasteiger partial charge in [0.05, 0.1) is 39.8 Å². The van der Waals surface area contributed by atoms with Crippen LogP contribution in [0.1, 0.15) is 0 Å². The minimum absolute atomic E-state index is 0.578. The Morgan fingerprint density at radius 1 is 0.444 bits per heavy atom. The Bertz CT molecular complexity index is 1310. The minimum atomic E-state index is 0.578. The number of nitrogens with two attached hydrogens (primary N) is 2. The van der Waals surface area contributed by atoms with Gasteiger partial charge in [0.1, 0.15) is 34.4 Å². The number of rotatable bonds is 8. The third kappa shape index (κ3) is 5.02. The first-order chi connectivity index (χ1) is 17.5. The van der Waals surface area contributed by atoms with Crippen LogP contribution >= 0.6 is 0 Å². The van der Waals surface area contributed by atoms with Gasteiger partial charge in [-0.2, -0.15) is 0 Å². The standard InChI is InChI=1S/C28H28N4O4/c1-33-25-13-17(5-9-21(25)29)19-7-11-23(27(15-19)35-3)31-32-24-12-8-20(16-28(24)36-4)18-6-10-22(30)26(14-18)34-2/h5-16H,29-30H2,1-4H3. The van der Waals surface area contributed by atoms with Gasteiger partial charge in [0.2, 0.25) is 0 Å². The molecule has 4 N–H and O–H groups in total. The molecule has 0 unspecified atom stereocenters. The average molecular weight is 485 g/mol. The van der Waals surface area contributed by atoms with E-state index in [2.05, 4.69) is 10.2 Å². The van der Waals surface area contributed by atoms with E-state index in [9.17, 15) is 0 Å². The van der Waals surface area contributed by atoms with Crippen LogP contribution in [-0.4, -0.2) is 28.4 Å². The van der Waals surface area contributed by atoms with Crippen molar-refractivity contribution in [1.82, 2.24) is 0 Å². The summed E-state index contributed by atoms with van der Waals surface area (Å²) in [6.45, 7) is 0. The number of hydrogen-bond acceptors (Lipinski definition) is 8. The molecule has 0 aliphatic rings. The SMILES string of the molecule is COc1cc(-c2ccc(N=Nc3ccc(-c4ccc(N)c(OC)c4)cc3OC)c(OC)c2)ccc1N. The lowest BCUT2D eigenvalue weighted by Crippen LogP contribution is -1.93. The normalized spacial score (nSPS) is 10.9. The van der Waals surface area contributed by atoms with Crippen molar-refractivity contribution in [2.75, 3.05) is 39.9 Å². The van der Waals surface area contributed by atoms with E-state index < -0.39 is 0 Å². The van der Waals surface area contributed by atoms with E-state index in [-0.39, 0.29) is 0 Å². The molecule has 4 aromatic carbocycles. The Labute approximate surface area is 210 Å². The third-order valence-electron chi connectivity index (χ3n) is 5.76. The molecule has 0 spiro atoms. The molecule has 0 radical (unpaired) electrons. The fourth-order valence-corrected chi connectivity index (χ4v) is 3.77. The topological polar surface area (TPSA) is 114 Å². The second kappa shape index (κ2) is 10.7. The van der Waals surface area contributed by atoms with E-state index in [0.717, 1.165) is 22.3 Å². The molecule has 0 fully saturated rings. The zero-order valence-electron chi connectivity index (χ0n) is 20.6. The zero-order valence-corrected chi connectivity index (χ0v) is 20.6. The maximum Gasteiger partial charge on any atom is 0.146 e. The van der Waals surface area contributed by atoms with Gasteiger partial charge in [-0.05, 0) is 70.8 Å². The largest absolute Gasteiger partial charge is 0.495 e. The smallest absolute Gasteiger partial charge is 0.146 e. The molecule has 8 heteroatoms. The Morgan fingerprint density at radius 2 is 0.750 bits per heavy atom. The highest BCUT2D eigenvalue weighted by Gasteiger charge is 2.11. The molecule has 0 atom stereocenters. The van der Waals surface area contributed by atoms with E-state index >= 15 is 0 Å². The summed E-state index contributed by atoms with van der Waals surface area (Å²) in [5, 5.41) is 8.84. The van der Waals surface area contributed by atoms with Gasteiger partial charge in [-0.25, -0.2) is 0 Å². The van der Waals surface area contributed by atoms with E-state index in [4.69, 9.17) is 30.4 Å². The lowest BCUT2D eigenvalue weighted by atomic mass is 10.0. The molecule has 8 nitrogen and oxygen atoms in total. The summed E-state index contributed by atoms with van der Waals surface area (Å²) >= 11 is 0.